The Bertz CT molecular complexity index is 618. The fourth-order valence-electron chi connectivity index (χ4n) is 1.58. The van der Waals surface area contributed by atoms with E-state index in [9.17, 15) is 9.59 Å². The van der Waals surface area contributed by atoms with Crippen LogP contribution in [0, 0.1) is 0 Å². The zero-order valence-corrected chi connectivity index (χ0v) is 9.19. The average Bonchev–Trinajstić information content (AvgIpc) is 2.25. The molecule has 2 aromatic rings. The number of fused-ring (bicyclic) bond motifs is 1. The minimum Gasteiger partial charge on any atom is -0.428 e. The Labute approximate surface area is 96.0 Å². The van der Waals surface area contributed by atoms with Crippen molar-refractivity contribution in [3.8, 4) is 5.75 Å². The Balaban J connectivity index is 2.95. The lowest BCUT2D eigenvalue weighted by Crippen LogP contribution is -2.16. The van der Waals surface area contributed by atoms with Crippen LogP contribution >= 0.6 is 11.6 Å². The van der Waals surface area contributed by atoms with Gasteiger partial charge >= 0.3 is 0 Å². The van der Waals surface area contributed by atoms with E-state index in [1.807, 2.05) is 0 Å². The number of pyridine rings is 1. The molecule has 0 saturated heterocycles. The molecule has 16 heavy (non-hydrogen) atoms. The van der Waals surface area contributed by atoms with Gasteiger partial charge in [0.2, 0.25) is 0 Å². The molecule has 1 aromatic carbocycles. The summed E-state index contributed by atoms with van der Waals surface area (Å²) in [4.78, 5) is 21.9. The Morgan fingerprint density at radius 2 is 2.19 bits per heavy atom. The molecule has 0 saturated carbocycles. The minimum atomic E-state index is -0.258. The normalized spacial score (nSPS) is 10.4. The van der Waals surface area contributed by atoms with E-state index in [-0.39, 0.29) is 17.8 Å². The summed E-state index contributed by atoms with van der Waals surface area (Å²) >= 11 is 6.01. The van der Waals surface area contributed by atoms with Crippen LogP contribution in [0.25, 0.3) is 10.9 Å². The van der Waals surface area contributed by atoms with Gasteiger partial charge < -0.3 is 9.30 Å². The van der Waals surface area contributed by atoms with Gasteiger partial charge in [0.05, 0.1) is 15.9 Å². The van der Waals surface area contributed by atoms with Crippen LogP contribution in [0.15, 0.2) is 29.1 Å². The van der Waals surface area contributed by atoms with Crippen molar-refractivity contribution in [2.24, 2.45) is 7.05 Å². The van der Waals surface area contributed by atoms with E-state index in [0.29, 0.717) is 15.9 Å². The summed E-state index contributed by atoms with van der Waals surface area (Å²) < 4.78 is 6.20. The van der Waals surface area contributed by atoms with Crippen LogP contribution in [0.4, 0.5) is 0 Å². The van der Waals surface area contributed by atoms with Crippen LogP contribution in [0.5, 0.6) is 5.75 Å². The summed E-state index contributed by atoms with van der Waals surface area (Å²) in [6.07, 6.45) is 0. The summed E-state index contributed by atoms with van der Waals surface area (Å²) in [7, 11) is 1.63. The molecule has 4 nitrogen and oxygen atoms in total. The molecule has 0 unspecified atom stereocenters. The molecule has 0 bridgehead atoms. The largest absolute Gasteiger partial charge is 0.428 e. The second kappa shape index (κ2) is 3.98. The smallest absolute Gasteiger partial charge is 0.298 e. The van der Waals surface area contributed by atoms with Crippen molar-refractivity contribution in [1.29, 1.82) is 0 Å². The van der Waals surface area contributed by atoms with Crippen molar-refractivity contribution in [2.45, 2.75) is 0 Å². The third kappa shape index (κ3) is 1.57. The maximum Gasteiger partial charge on any atom is 0.298 e. The zero-order chi connectivity index (χ0) is 11.7. The second-order valence-electron chi connectivity index (χ2n) is 3.25. The van der Waals surface area contributed by atoms with Crippen molar-refractivity contribution < 1.29 is 9.53 Å². The molecular formula is C11H8ClNO3. The minimum absolute atomic E-state index is 0.179. The summed E-state index contributed by atoms with van der Waals surface area (Å²) in [5.41, 5.74) is 0.364. The van der Waals surface area contributed by atoms with E-state index in [1.165, 1.54) is 10.6 Å². The van der Waals surface area contributed by atoms with Gasteiger partial charge in [-0.3, -0.25) is 9.59 Å². The number of aromatic nitrogens is 1. The molecule has 82 valence electrons. The van der Waals surface area contributed by atoms with Gasteiger partial charge in [0.15, 0.2) is 0 Å². The first-order valence-corrected chi connectivity index (χ1v) is 4.91. The molecule has 0 aliphatic carbocycles. The van der Waals surface area contributed by atoms with Crippen LogP contribution in [-0.2, 0) is 11.8 Å². The highest BCUT2D eigenvalue weighted by molar-refractivity contribution is 6.36. The topological polar surface area (TPSA) is 48.3 Å². The van der Waals surface area contributed by atoms with Gasteiger partial charge in [0, 0.05) is 13.1 Å². The Morgan fingerprint density at radius 1 is 1.44 bits per heavy atom. The standard InChI is InChI=1S/C11H8ClNO3/c1-13-8-4-2-3-7(12)11(8)9(16-6-14)5-10(13)15/h2-6H,1H3. The lowest BCUT2D eigenvalue weighted by Gasteiger charge is -2.09. The molecule has 0 N–H and O–H groups in total. The second-order valence-corrected chi connectivity index (χ2v) is 3.66. The molecule has 0 atom stereocenters. The lowest BCUT2D eigenvalue weighted by atomic mass is 10.2. The van der Waals surface area contributed by atoms with E-state index in [2.05, 4.69) is 0 Å². The van der Waals surface area contributed by atoms with Crippen molar-refractivity contribution in [3.63, 3.8) is 0 Å². The van der Waals surface area contributed by atoms with Crippen molar-refractivity contribution >= 4 is 29.0 Å². The van der Waals surface area contributed by atoms with Gasteiger partial charge in [-0.25, -0.2) is 0 Å². The fourth-order valence-corrected chi connectivity index (χ4v) is 1.84. The van der Waals surface area contributed by atoms with Crippen LogP contribution in [0.1, 0.15) is 0 Å². The summed E-state index contributed by atoms with van der Waals surface area (Å²) in [6, 6.07) is 6.38. The molecule has 0 spiro atoms. The predicted molar refractivity (Wildman–Crippen MR) is 60.9 cm³/mol. The SMILES string of the molecule is Cn1c(=O)cc(OC=O)c2c(Cl)cccc21. The highest BCUT2D eigenvalue weighted by Crippen LogP contribution is 2.30. The van der Waals surface area contributed by atoms with Crippen LogP contribution in [0.3, 0.4) is 0 Å². The van der Waals surface area contributed by atoms with Gasteiger partial charge in [-0.05, 0) is 12.1 Å². The average molecular weight is 238 g/mol. The number of aryl methyl sites for hydroxylation is 1. The van der Waals surface area contributed by atoms with E-state index >= 15 is 0 Å². The van der Waals surface area contributed by atoms with E-state index in [0.717, 1.165) is 0 Å². The van der Waals surface area contributed by atoms with Gasteiger partial charge in [-0.15, -0.1) is 0 Å². The van der Waals surface area contributed by atoms with Crippen molar-refractivity contribution in [2.75, 3.05) is 0 Å². The summed E-state index contributed by atoms with van der Waals surface area (Å²) in [5.74, 6) is 0.179. The predicted octanol–water partition coefficient (Wildman–Crippen LogP) is 1.73. The monoisotopic (exact) mass is 237 g/mol. The maximum atomic E-state index is 11.6. The maximum absolute atomic E-state index is 11.6. The number of carbonyl (C=O) groups is 1. The third-order valence-corrected chi connectivity index (χ3v) is 2.67. The summed E-state index contributed by atoms with van der Waals surface area (Å²) in [5, 5.41) is 0.989. The molecule has 0 amide bonds. The summed E-state index contributed by atoms with van der Waals surface area (Å²) in [6.45, 7) is 0.275. The van der Waals surface area contributed by atoms with Crippen molar-refractivity contribution in [3.05, 3.63) is 39.6 Å². The zero-order valence-electron chi connectivity index (χ0n) is 8.44. The molecule has 1 heterocycles. The highest BCUT2D eigenvalue weighted by Gasteiger charge is 2.10. The first-order chi connectivity index (χ1) is 7.65. The number of halogens is 1. The molecule has 1 aromatic heterocycles. The highest BCUT2D eigenvalue weighted by atomic mass is 35.5. The molecule has 2 rings (SSSR count). The number of carbonyl (C=O) groups excluding carboxylic acids is 1. The fraction of sp³-hybridized carbons (Fsp3) is 0.0909. The number of benzene rings is 1. The van der Waals surface area contributed by atoms with Gasteiger partial charge in [0.1, 0.15) is 5.75 Å². The molecule has 5 heteroatoms. The van der Waals surface area contributed by atoms with E-state index in [1.54, 1.807) is 25.2 Å². The number of nitrogens with zero attached hydrogens (tertiary/aromatic N) is 1. The third-order valence-electron chi connectivity index (χ3n) is 2.36. The molecule has 0 radical (unpaired) electrons. The van der Waals surface area contributed by atoms with Gasteiger partial charge in [-0.1, -0.05) is 17.7 Å². The Hall–Kier alpha value is -1.81. The van der Waals surface area contributed by atoms with Crippen LogP contribution < -0.4 is 10.3 Å². The lowest BCUT2D eigenvalue weighted by molar-refractivity contribution is -0.120. The Morgan fingerprint density at radius 3 is 2.88 bits per heavy atom. The molecule has 0 fully saturated rings. The number of hydrogen-bond donors (Lipinski definition) is 0. The first-order valence-electron chi connectivity index (χ1n) is 4.53. The number of ether oxygens (including phenoxy) is 1. The van der Waals surface area contributed by atoms with E-state index < -0.39 is 0 Å². The van der Waals surface area contributed by atoms with Gasteiger partial charge in [0.25, 0.3) is 12.0 Å². The van der Waals surface area contributed by atoms with E-state index in [4.69, 9.17) is 16.3 Å². The van der Waals surface area contributed by atoms with Gasteiger partial charge in [-0.2, -0.15) is 0 Å². The van der Waals surface area contributed by atoms with Crippen LogP contribution in [0.2, 0.25) is 5.02 Å². The first kappa shape index (κ1) is 10.7. The Kier molecular flexibility index (Phi) is 2.66. The molecule has 0 aliphatic heterocycles. The number of hydrogen-bond acceptors (Lipinski definition) is 3. The van der Waals surface area contributed by atoms with Crippen LogP contribution in [-0.4, -0.2) is 11.0 Å². The quantitative estimate of drug-likeness (QED) is 0.748. The van der Waals surface area contributed by atoms with Crippen molar-refractivity contribution in [1.82, 2.24) is 4.57 Å². The molecule has 0 aliphatic rings. The molecular weight excluding hydrogens is 230 g/mol. The number of rotatable bonds is 2.